The van der Waals surface area contributed by atoms with E-state index in [-0.39, 0.29) is 5.91 Å². The van der Waals surface area contributed by atoms with Crippen molar-refractivity contribution in [3.63, 3.8) is 0 Å². The van der Waals surface area contributed by atoms with Gasteiger partial charge in [-0.25, -0.2) is 0 Å². The standard InChI is InChI=1S/C20H30N4O2/c1-2-8-24-18-7-6-16(22-9-4-3-5-10-22)15-17(18)19(21-24)20(25)23-11-13-26-14-12-23/h2,16H,1,3-15H2. The van der Waals surface area contributed by atoms with Crippen LogP contribution < -0.4 is 0 Å². The van der Waals surface area contributed by atoms with Crippen LogP contribution in [0.25, 0.3) is 0 Å². The Bertz CT molecular complexity index is 657. The highest BCUT2D eigenvalue weighted by Crippen LogP contribution is 2.30. The van der Waals surface area contributed by atoms with Gasteiger partial charge in [0, 0.05) is 30.4 Å². The van der Waals surface area contributed by atoms with Crippen molar-refractivity contribution in [1.29, 1.82) is 0 Å². The molecule has 26 heavy (non-hydrogen) atoms. The second kappa shape index (κ2) is 7.92. The number of aromatic nitrogens is 2. The van der Waals surface area contributed by atoms with Crippen molar-refractivity contribution in [1.82, 2.24) is 19.6 Å². The number of nitrogens with zero attached hydrogens (tertiary/aromatic N) is 4. The number of hydrogen-bond donors (Lipinski definition) is 0. The molecule has 1 aliphatic carbocycles. The molecule has 0 N–H and O–H groups in total. The summed E-state index contributed by atoms with van der Waals surface area (Å²) in [5.41, 5.74) is 3.10. The molecule has 1 atom stereocenters. The Kier molecular flexibility index (Phi) is 5.41. The SMILES string of the molecule is C=CCn1nc(C(=O)N2CCOCC2)c2c1CCC(N1CCCCC1)C2. The molecule has 1 unspecified atom stereocenters. The molecule has 0 spiro atoms. The molecular weight excluding hydrogens is 328 g/mol. The molecule has 6 heteroatoms. The van der Waals surface area contributed by atoms with Gasteiger partial charge < -0.3 is 14.5 Å². The van der Waals surface area contributed by atoms with E-state index in [1.807, 2.05) is 15.7 Å². The molecule has 2 fully saturated rings. The Morgan fingerprint density at radius 2 is 1.96 bits per heavy atom. The fourth-order valence-electron chi connectivity index (χ4n) is 4.63. The lowest BCUT2D eigenvalue weighted by molar-refractivity contribution is 0.0297. The van der Waals surface area contributed by atoms with Gasteiger partial charge in [0.25, 0.3) is 5.91 Å². The van der Waals surface area contributed by atoms with E-state index in [0.29, 0.717) is 44.6 Å². The highest BCUT2D eigenvalue weighted by atomic mass is 16.5. The van der Waals surface area contributed by atoms with Crippen molar-refractivity contribution in [2.45, 2.75) is 51.1 Å². The van der Waals surface area contributed by atoms with Crippen LogP contribution in [0, 0.1) is 0 Å². The fourth-order valence-corrected chi connectivity index (χ4v) is 4.63. The monoisotopic (exact) mass is 358 g/mol. The summed E-state index contributed by atoms with van der Waals surface area (Å²) in [4.78, 5) is 17.7. The minimum atomic E-state index is 0.0756. The molecule has 0 radical (unpaired) electrons. The summed E-state index contributed by atoms with van der Waals surface area (Å²) in [6, 6.07) is 0.556. The van der Waals surface area contributed by atoms with Gasteiger partial charge in [0.1, 0.15) is 0 Å². The number of morpholine rings is 1. The maximum atomic E-state index is 13.1. The number of hydrogen-bond acceptors (Lipinski definition) is 4. The van der Waals surface area contributed by atoms with Gasteiger partial charge in [-0.15, -0.1) is 6.58 Å². The largest absolute Gasteiger partial charge is 0.378 e. The van der Waals surface area contributed by atoms with Crippen LogP contribution in [-0.2, 0) is 24.1 Å². The summed E-state index contributed by atoms with van der Waals surface area (Å²) in [6.07, 6.45) is 8.96. The van der Waals surface area contributed by atoms with E-state index in [9.17, 15) is 4.79 Å². The Labute approximate surface area is 155 Å². The number of carbonyl (C=O) groups is 1. The number of carbonyl (C=O) groups excluding carboxylic acids is 1. The molecule has 1 aromatic heterocycles. The Morgan fingerprint density at radius 3 is 2.69 bits per heavy atom. The molecule has 142 valence electrons. The number of amides is 1. The average molecular weight is 358 g/mol. The van der Waals surface area contributed by atoms with Crippen LogP contribution in [0.4, 0.5) is 0 Å². The van der Waals surface area contributed by atoms with Crippen LogP contribution in [0.1, 0.15) is 47.4 Å². The summed E-state index contributed by atoms with van der Waals surface area (Å²) in [5.74, 6) is 0.0756. The topological polar surface area (TPSA) is 50.6 Å². The minimum Gasteiger partial charge on any atom is -0.378 e. The number of rotatable bonds is 4. The Morgan fingerprint density at radius 1 is 1.19 bits per heavy atom. The molecule has 0 saturated carbocycles. The molecule has 6 nitrogen and oxygen atoms in total. The molecule has 1 aromatic rings. The van der Waals surface area contributed by atoms with Crippen LogP contribution in [0.15, 0.2) is 12.7 Å². The number of ether oxygens (including phenoxy) is 1. The second-order valence-corrected chi connectivity index (χ2v) is 7.64. The summed E-state index contributed by atoms with van der Waals surface area (Å²) in [5, 5.41) is 4.73. The molecule has 2 aliphatic heterocycles. The summed E-state index contributed by atoms with van der Waals surface area (Å²) in [6.45, 7) is 9.51. The van der Waals surface area contributed by atoms with Crippen LogP contribution in [0.3, 0.4) is 0 Å². The van der Waals surface area contributed by atoms with E-state index in [0.717, 1.165) is 12.8 Å². The lowest BCUT2D eigenvalue weighted by Gasteiger charge is -2.37. The first-order valence-electron chi connectivity index (χ1n) is 10.1. The van der Waals surface area contributed by atoms with Gasteiger partial charge in [-0.2, -0.15) is 5.10 Å². The summed E-state index contributed by atoms with van der Waals surface area (Å²) >= 11 is 0. The quantitative estimate of drug-likeness (QED) is 0.771. The zero-order valence-electron chi connectivity index (χ0n) is 15.7. The van der Waals surface area contributed by atoms with Gasteiger partial charge in [-0.05, 0) is 45.2 Å². The zero-order chi connectivity index (χ0) is 17.9. The first kappa shape index (κ1) is 17.7. The maximum absolute atomic E-state index is 13.1. The van der Waals surface area contributed by atoms with Crippen molar-refractivity contribution in [2.75, 3.05) is 39.4 Å². The first-order chi connectivity index (χ1) is 12.8. The molecule has 2 saturated heterocycles. The number of allylic oxidation sites excluding steroid dienone is 1. The van der Waals surface area contributed by atoms with Crippen molar-refractivity contribution in [2.24, 2.45) is 0 Å². The Hall–Kier alpha value is -1.66. The third-order valence-corrected chi connectivity index (χ3v) is 6.03. The zero-order valence-corrected chi connectivity index (χ0v) is 15.7. The highest BCUT2D eigenvalue weighted by Gasteiger charge is 2.33. The van der Waals surface area contributed by atoms with Crippen molar-refractivity contribution < 1.29 is 9.53 Å². The summed E-state index contributed by atoms with van der Waals surface area (Å²) in [7, 11) is 0. The highest BCUT2D eigenvalue weighted by molar-refractivity contribution is 5.94. The number of fused-ring (bicyclic) bond motifs is 1. The van der Waals surface area contributed by atoms with Crippen LogP contribution in [0.2, 0.25) is 0 Å². The molecular formula is C20H30N4O2. The third kappa shape index (κ3) is 3.45. The second-order valence-electron chi connectivity index (χ2n) is 7.64. The van der Waals surface area contributed by atoms with E-state index in [1.165, 1.54) is 50.0 Å². The lowest BCUT2D eigenvalue weighted by Crippen LogP contribution is -2.43. The van der Waals surface area contributed by atoms with Gasteiger partial charge in [-0.1, -0.05) is 12.5 Å². The fraction of sp³-hybridized carbons (Fsp3) is 0.700. The first-order valence-corrected chi connectivity index (χ1v) is 10.1. The van der Waals surface area contributed by atoms with Gasteiger partial charge >= 0.3 is 0 Å². The molecule has 1 amide bonds. The van der Waals surface area contributed by atoms with Gasteiger partial charge in [0.15, 0.2) is 5.69 Å². The molecule has 0 aromatic carbocycles. The van der Waals surface area contributed by atoms with Crippen LogP contribution in [0.5, 0.6) is 0 Å². The smallest absolute Gasteiger partial charge is 0.274 e. The third-order valence-electron chi connectivity index (χ3n) is 6.03. The summed E-state index contributed by atoms with van der Waals surface area (Å²) < 4.78 is 7.40. The van der Waals surface area contributed by atoms with E-state index in [4.69, 9.17) is 9.84 Å². The molecule has 4 rings (SSSR count). The van der Waals surface area contributed by atoms with E-state index < -0.39 is 0 Å². The van der Waals surface area contributed by atoms with Gasteiger partial charge in [-0.3, -0.25) is 9.48 Å². The Balaban J connectivity index is 1.60. The van der Waals surface area contributed by atoms with E-state index >= 15 is 0 Å². The van der Waals surface area contributed by atoms with Crippen LogP contribution >= 0.6 is 0 Å². The van der Waals surface area contributed by atoms with Crippen molar-refractivity contribution >= 4 is 5.91 Å². The van der Waals surface area contributed by atoms with Gasteiger partial charge in [0.05, 0.1) is 19.8 Å². The van der Waals surface area contributed by atoms with Crippen molar-refractivity contribution in [3.8, 4) is 0 Å². The molecule has 3 aliphatic rings. The number of piperidine rings is 1. The van der Waals surface area contributed by atoms with Gasteiger partial charge in [0.2, 0.25) is 0 Å². The maximum Gasteiger partial charge on any atom is 0.274 e. The predicted octanol–water partition coefficient (Wildman–Crippen LogP) is 1.88. The van der Waals surface area contributed by atoms with E-state index in [1.54, 1.807) is 0 Å². The average Bonchev–Trinajstić information content (AvgIpc) is 3.07. The van der Waals surface area contributed by atoms with Crippen LogP contribution in [-0.4, -0.2) is 70.9 Å². The minimum absolute atomic E-state index is 0.0756. The van der Waals surface area contributed by atoms with E-state index in [2.05, 4.69) is 11.5 Å². The normalized spacial score (nSPS) is 24.3. The molecule has 0 bridgehead atoms. The number of likely N-dealkylation sites (tertiary alicyclic amines) is 1. The van der Waals surface area contributed by atoms with Crippen molar-refractivity contribution in [3.05, 3.63) is 29.6 Å². The molecule has 3 heterocycles. The predicted molar refractivity (Wildman–Crippen MR) is 100 cm³/mol. The lowest BCUT2D eigenvalue weighted by atomic mass is 9.89.